The van der Waals surface area contributed by atoms with Crippen molar-refractivity contribution in [2.75, 3.05) is 0 Å². The Morgan fingerprint density at radius 1 is 1.12 bits per heavy atom. The molecule has 0 saturated carbocycles. The molecule has 4 nitrogen and oxygen atoms in total. The highest BCUT2D eigenvalue weighted by Gasteiger charge is 2.16. The maximum absolute atomic E-state index is 12.5. The number of aromatic hydroxyl groups is 1. The summed E-state index contributed by atoms with van der Waals surface area (Å²) in [4.78, 5) is 12.5. The molecular formula is C20H16Br2O4. The fraction of sp³-hybridized carbons (Fsp3) is 0.150. The van der Waals surface area contributed by atoms with E-state index in [2.05, 4.69) is 31.9 Å². The van der Waals surface area contributed by atoms with Gasteiger partial charge in [-0.05, 0) is 74.2 Å². The van der Waals surface area contributed by atoms with Crippen molar-refractivity contribution in [1.82, 2.24) is 0 Å². The first-order chi connectivity index (χ1) is 12.4. The third kappa shape index (κ3) is 3.86. The summed E-state index contributed by atoms with van der Waals surface area (Å²) < 4.78 is 13.0. The van der Waals surface area contributed by atoms with Crippen LogP contribution in [0.2, 0.25) is 0 Å². The quantitative estimate of drug-likeness (QED) is 0.450. The first-order valence-electron chi connectivity index (χ1n) is 7.95. The van der Waals surface area contributed by atoms with Crippen molar-refractivity contribution in [3.8, 4) is 22.8 Å². The molecule has 2 aromatic carbocycles. The van der Waals surface area contributed by atoms with Crippen molar-refractivity contribution in [2.24, 2.45) is 5.92 Å². The molecule has 0 aliphatic carbocycles. The normalized spacial score (nSPS) is 11.6. The van der Waals surface area contributed by atoms with Crippen molar-refractivity contribution >= 4 is 42.8 Å². The van der Waals surface area contributed by atoms with Gasteiger partial charge in [-0.2, -0.15) is 0 Å². The van der Waals surface area contributed by atoms with E-state index >= 15 is 0 Å². The highest BCUT2D eigenvalue weighted by atomic mass is 79.9. The van der Waals surface area contributed by atoms with Crippen LogP contribution in [-0.2, 0) is 0 Å². The Morgan fingerprint density at radius 2 is 1.88 bits per heavy atom. The summed E-state index contributed by atoms with van der Waals surface area (Å²) in [5.74, 6) is 0.615. The van der Waals surface area contributed by atoms with E-state index in [1.807, 2.05) is 19.9 Å². The van der Waals surface area contributed by atoms with Crippen LogP contribution < -0.4 is 10.2 Å². The van der Waals surface area contributed by atoms with E-state index in [9.17, 15) is 9.90 Å². The fourth-order valence-corrected chi connectivity index (χ4v) is 2.97. The van der Waals surface area contributed by atoms with Gasteiger partial charge in [0.25, 0.3) is 0 Å². The molecule has 1 N–H and O–H groups in total. The standard InChI is InChI=1S/C20H16Br2O4/c1-11(2)7-8-25-13-4-5-14-17(10-13)26-20(19(24)18(14)23)12-3-6-15(21)16(22)9-12/h3-11,24H,1-2H3. The zero-order chi connectivity index (χ0) is 18.8. The van der Waals surface area contributed by atoms with E-state index in [-0.39, 0.29) is 5.76 Å². The lowest BCUT2D eigenvalue weighted by Gasteiger charge is -2.08. The van der Waals surface area contributed by atoms with Gasteiger partial charge in [0.2, 0.25) is 11.2 Å². The number of fused-ring (bicyclic) bond motifs is 1. The monoisotopic (exact) mass is 478 g/mol. The fourth-order valence-electron chi connectivity index (χ4n) is 2.34. The predicted molar refractivity (Wildman–Crippen MR) is 110 cm³/mol. The van der Waals surface area contributed by atoms with Gasteiger partial charge >= 0.3 is 0 Å². The highest BCUT2D eigenvalue weighted by molar-refractivity contribution is 9.13. The first kappa shape index (κ1) is 18.7. The molecule has 0 atom stereocenters. The minimum absolute atomic E-state index is 0.116. The molecule has 3 aromatic rings. The Morgan fingerprint density at radius 3 is 2.58 bits per heavy atom. The van der Waals surface area contributed by atoms with Gasteiger partial charge in [0.05, 0.1) is 11.6 Å². The summed E-state index contributed by atoms with van der Waals surface area (Å²) in [7, 11) is 0. The summed E-state index contributed by atoms with van der Waals surface area (Å²) in [6, 6.07) is 10.2. The molecule has 0 amide bonds. The Hall–Kier alpha value is -2.05. The van der Waals surface area contributed by atoms with Crippen LogP contribution in [0, 0.1) is 5.92 Å². The largest absolute Gasteiger partial charge is 0.502 e. The average Bonchev–Trinajstić information content (AvgIpc) is 2.60. The van der Waals surface area contributed by atoms with E-state index in [1.165, 1.54) is 0 Å². The molecule has 1 aromatic heterocycles. The lowest BCUT2D eigenvalue weighted by atomic mass is 10.1. The van der Waals surface area contributed by atoms with Crippen molar-refractivity contribution in [3.63, 3.8) is 0 Å². The molecule has 0 unspecified atom stereocenters. The van der Waals surface area contributed by atoms with E-state index in [1.54, 1.807) is 42.7 Å². The SMILES string of the molecule is CC(C)C=COc1ccc2c(=O)c(O)c(-c3ccc(Br)c(Br)c3)oc2c1. The summed E-state index contributed by atoms with van der Waals surface area (Å²) in [6.07, 6.45) is 3.53. The Kier molecular flexibility index (Phi) is 5.53. The zero-order valence-corrected chi connectivity index (χ0v) is 17.3. The van der Waals surface area contributed by atoms with E-state index in [4.69, 9.17) is 9.15 Å². The molecule has 0 radical (unpaired) electrons. The second-order valence-corrected chi connectivity index (χ2v) is 7.79. The van der Waals surface area contributed by atoms with Crippen molar-refractivity contribution in [2.45, 2.75) is 13.8 Å². The molecule has 0 bridgehead atoms. The van der Waals surface area contributed by atoms with Crippen LogP contribution in [0.1, 0.15) is 13.8 Å². The number of ether oxygens (including phenoxy) is 1. The minimum atomic E-state index is -0.482. The van der Waals surface area contributed by atoms with Crippen molar-refractivity contribution in [1.29, 1.82) is 0 Å². The predicted octanol–water partition coefficient (Wildman–Crippen LogP) is 6.24. The summed E-state index contributed by atoms with van der Waals surface area (Å²) >= 11 is 6.81. The molecular weight excluding hydrogens is 464 g/mol. The molecule has 0 fully saturated rings. The first-order valence-corrected chi connectivity index (χ1v) is 9.54. The van der Waals surface area contributed by atoms with Crippen LogP contribution in [0.5, 0.6) is 11.5 Å². The minimum Gasteiger partial charge on any atom is -0.502 e. The second kappa shape index (κ2) is 7.68. The molecule has 1 heterocycles. The lowest BCUT2D eigenvalue weighted by molar-refractivity contribution is 0.447. The van der Waals surface area contributed by atoms with Crippen LogP contribution in [-0.4, -0.2) is 5.11 Å². The van der Waals surface area contributed by atoms with Gasteiger partial charge in [-0.25, -0.2) is 0 Å². The molecule has 134 valence electrons. The Labute approximate surface area is 167 Å². The van der Waals surface area contributed by atoms with Gasteiger partial charge in [-0.15, -0.1) is 0 Å². The van der Waals surface area contributed by atoms with E-state index in [0.717, 1.165) is 8.95 Å². The summed E-state index contributed by atoms with van der Waals surface area (Å²) in [5, 5.41) is 10.6. The number of hydrogen-bond donors (Lipinski definition) is 1. The number of allylic oxidation sites excluding steroid dienone is 1. The van der Waals surface area contributed by atoms with Crippen LogP contribution in [0.3, 0.4) is 0 Å². The van der Waals surface area contributed by atoms with Crippen molar-refractivity contribution in [3.05, 3.63) is 67.9 Å². The van der Waals surface area contributed by atoms with Crippen LogP contribution >= 0.6 is 31.9 Å². The smallest absolute Gasteiger partial charge is 0.235 e. The second-order valence-electron chi connectivity index (χ2n) is 6.09. The zero-order valence-electron chi connectivity index (χ0n) is 14.1. The number of hydrogen-bond acceptors (Lipinski definition) is 4. The summed E-state index contributed by atoms with van der Waals surface area (Å²) in [5.41, 5.74) is 0.449. The summed E-state index contributed by atoms with van der Waals surface area (Å²) in [6.45, 7) is 4.09. The maximum atomic E-state index is 12.5. The molecule has 3 rings (SSSR count). The van der Waals surface area contributed by atoms with Gasteiger partial charge in [0, 0.05) is 20.6 Å². The molecule has 0 aliphatic rings. The van der Waals surface area contributed by atoms with Gasteiger partial charge in [0.15, 0.2) is 5.76 Å². The number of halogens is 2. The third-order valence-corrected chi connectivity index (χ3v) is 5.57. The van der Waals surface area contributed by atoms with Gasteiger partial charge in [0.1, 0.15) is 11.3 Å². The highest BCUT2D eigenvalue weighted by Crippen LogP contribution is 2.34. The van der Waals surface area contributed by atoms with Gasteiger partial charge < -0.3 is 14.3 Å². The van der Waals surface area contributed by atoms with E-state index in [0.29, 0.717) is 28.2 Å². The van der Waals surface area contributed by atoms with E-state index < -0.39 is 11.2 Å². The molecule has 6 heteroatoms. The van der Waals surface area contributed by atoms with Crippen molar-refractivity contribution < 1.29 is 14.3 Å². The number of rotatable bonds is 4. The maximum Gasteiger partial charge on any atom is 0.235 e. The molecule has 0 aliphatic heterocycles. The lowest BCUT2D eigenvalue weighted by Crippen LogP contribution is -2.02. The van der Waals surface area contributed by atoms with Gasteiger partial charge in [-0.1, -0.05) is 13.8 Å². The Balaban J connectivity index is 2.11. The van der Waals surface area contributed by atoms with Crippen LogP contribution in [0.25, 0.3) is 22.3 Å². The molecule has 26 heavy (non-hydrogen) atoms. The van der Waals surface area contributed by atoms with Crippen LogP contribution in [0.15, 0.2) is 66.9 Å². The molecule has 0 saturated heterocycles. The number of benzene rings is 2. The average molecular weight is 480 g/mol. The van der Waals surface area contributed by atoms with Crippen LogP contribution in [0.4, 0.5) is 0 Å². The topological polar surface area (TPSA) is 59.7 Å². The third-order valence-electron chi connectivity index (χ3n) is 3.69. The Bertz CT molecular complexity index is 1050. The van der Waals surface area contributed by atoms with Gasteiger partial charge in [-0.3, -0.25) is 4.79 Å². The molecule has 0 spiro atoms.